The number of anilines is 3. The fraction of sp³-hybridized carbons (Fsp3) is 0.409. The number of nitrogens with zero attached hydrogens (tertiary/aromatic N) is 6. The van der Waals surface area contributed by atoms with Crippen molar-refractivity contribution in [3.05, 3.63) is 48.4 Å². The predicted molar refractivity (Wildman–Crippen MR) is 124 cm³/mol. The topological polar surface area (TPSA) is 152 Å². The summed E-state index contributed by atoms with van der Waals surface area (Å²) in [7, 11) is 0. The minimum atomic E-state index is -0.423. The second-order valence-electron chi connectivity index (χ2n) is 8.64. The first kappa shape index (κ1) is 20.8. The zero-order chi connectivity index (χ0) is 23.0. The number of hydrogen-bond donors (Lipinski definition) is 4. The van der Waals surface area contributed by atoms with Crippen LogP contribution in [-0.4, -0.2) is 51.4 Å². The summed E-state index contributed by atoms with van der Waals surface area (Å²) in [5.41, 5.74) is 15.1. The summed E-state index contributed by atoms with van der Waals surface area (Å²) >= 11 is 0. The van der Waals surface area contributed by atoms with E-state index in [9.17, 15) is 0 Å². The van der Waals surface area contributed by atoms with Gasteiger partial charge >= 0.3 is 0 Å². The number of aromatic nitrogens is 5. The number of nitrogen functional groups attached to an aromatic ring is 1. The molecule has 0 bridgehead atoms. The lowest BCUT2D eigenvalue weighted by atomic mass is 9.86. The first-order valence-corrected chi connectivity index (χ1v) is 11.4. The molecule has 0 spiro atoms. The highest BCUT2D eigenvalue weighted by Gasteiger charge is 2.50. The van der Waals surface area contributed by atoms with Gasteiger partial charge in [-0.05, 0) is 24.8 Å². The van der Waals surface area contributed by atoms with Crippen LogP contribution in [0.3, 0.4) is 0 Å². The summed E-state index contributed by atoms with van der Waals surface area (Å²) in [6.45, 7) is 3.13. The maximum absolute atomic E-state index is 6.61. The third kappa shape index (κ3) is 3.80. The number of ether oxygens (including phenoxy) is 1. The molecule has 176 valence electrons. The first-order valence-electron chi connectivity index (χ1n) is 11.4. The van der Waals surface area contributed by atoms with Crippen molar-refractivity contribution in [2.45, 2.75) is 24.9 Å². The molecule has 0 amide bonds. The zero-order valence-corrected chi connectivity index (χ0v) is 18.6. The van der Waals surface area contributed by atoms with Crippen LogP contribution < -0.4 is 26.8 Å². The maximum Gasteiger partial charge on any atom is 0.227 e. The van der Waals surface area contributed by atoms with Crippen molar-refractivity contribution in [3.63, 3.8) is 0 Å². The molecule has 3 aromatic rings. The van der Waals surface area contributed by atoms with E-state index in [2.05, 4.69) is 47.3 Å². The highest BCUT2D eigenvalue weighted by molar-refractivity contribution is 5.66. The second kappa shape index (κ2) is 8.54. The summed E-state index contributed by atoms with van der Waals surface area (Å²) in [4.78, 5) is 19.8. The lowest BCUT2D eigenvalue weighted by Gasteiger charge is -2.36. The van der Waals surface area contributed by atoms with Gasteiger partial charge in [-0.2, -0.15) is 9.97 Å². The lowest BCUT2D eigenvalue weighted by molar-refractivity contribution is 0.122. The van der Waals surface area contributed by atoms with Gasteiger partial charge in [-0.3, -0.25) is 0 Å². The Bertz CT molecular complexity index is 1190. The second-order valence-corrected chi connectivity index (χ2v) is 8.64. The molecule has 6 rings (SSSR count). The maximum atomic E-state index is 6.61. The van der Waals surface area contributed by atoms with Crippen LogP contribution in [0.25, 0.3) is 11.3 Å². The van der Waals surface area contributed by atoms with Crippen LogP contribution in [0.2, 0.25) is 0 Å². The van der Waals surface area contributed by atoms with Gasteiger partial charge in [-0.15, -0.1) is 0 Å². The van der Waals surface area contributed by atoms with Crippen LogP contribution in [0.5, 0.6) is 0 Å². The van der Waals surface area contributed by atoms with Gasteiger partial charge in [-0.1, -0.05) is 5.16 Å². The number of hydrazine groups is 1. The largest absolute Gasteiger partial charge is 0.383 e. The van der Waals surface area contributed by atoms with E-state index in [0.29, 0.717) is 48.9 Å². The molecule has 3 aliphatic rings. The highest BCUT2D eigenvalue weighted by atomic mass is 16.5. The van der Waals surface area contributed by atoms with Crippen LogP contribution in [0.15, 0.2) is 41.6 Å². The number of rotatable bonds is 7. The first-order chi connectivity index (χ1) is 16.7. The Morgan fingerprint density at radius 2 is 2.00 bits per heavy atom. The number of morpholine rings is 1. The van der Waals surface area contributed by atoms with E-state index in [1.54, 1.807) is 12.4 Å². The summed E-state index contributed by atoms with van der Waals surface area (Å²) in [5, 5.41) is 7.35. The Morgan fingerprint density at radius 1 is 1.18 bits per heavy atom. The van der Waals surface area contributed by atoms with E-state index in [-0.39, 0.29) is 0 Å². The van der Waals surface area contributed by atoms with Crippen molar-refractivity contribution in [2.24, 2.45) is 5.92 Å². The number of hydrogen-bond acceptors (Lipinski definition) is 12. The van der Waals surface area contributed by atoms with Crippen LogP contribution in [-0.2, 0) is 16.8 Å². The molecule has 12 nitrogen and oxygen atoms in total. The molecule has 0 aromatic carbocycles. The van der Waals surface area contributed by atoms with Crippen molar-refractivity contribution in [1.82, 2.24) is 35.9 Å². The van der Waals surface area contributed by atoms with Gasteiger partial charge in [0.1, 0.15) is 23.7 Å². The van der Waals surface area contributed by atoms with Crippen molar-refractivity contribution in [1.29, 1.82) is 0 Å². The molecule has 1 unspecified atom stereocenters. The molecule has 1 aliphatic carbocycles. The van der Waals surface area contributed by atoms with Gasteiger partial charge in [-0.25, -0.2) is 15.4 Å². The van der Waals surface area contributed by atoms with Gasteiger partial charge in [0, 0.05) is 43.3 Å². The van der Waals surface area contributed by atoms with Gasteiger partial charge in [0.2, 0.25) is 5.95 Å². The van der Waals surface area contributed by atoms with E-state index >= 15 is 0 Å². The molecule has 1 saturated heterocycles. The standard InChI is InChI=1S/C22H26N10O2/c23-19-18(22(15-1-2-15)3-4-27-31-22)20(32-5-7-33-8-6-32)29-21(28-19)26-12-16-9-17(30-34-16)14-10-24-13-25-11-14/h3-4,9-11,13,15,27,31H,1-2,5-8,12H2,(H3,23,26,28,29). The van der Waals surface area contributed by atoms with E-state index in [0.717, 1.165) is 42.9 Å². The van der Waals surface area contributed by atoms with Gasteiger partial charge in [0.05, 0.1) is 30.9 Å². The molecule has 3 aromatic heterocycles. The minimum absolute atomic E-state index is 0.357. The van der Waals surface area contributed by atoms with Crippen LogP contribution >= 0.6 is 0 Å². The number of nitrogens with one attached hydrogen (secondary N) is 3. The Morgan fingerprint density at radius 3 is 2.74 bits per heavy atom. The zero-order valence-electron chi connectivity index (χ0n) is 18.6. The molecule has 2 fully saturated rings. The van der Waals surface area contributed by atoms with Gasteiger partial charge < -0.3 is 30.6 Å². The van der Waals surface area contributed by atoms with Crippen molar-refractivity contribution in [3.8, 4) is 11.3 Å². The third-order valence-electron chi connectivity index (χ3n) is 6.41. The Hall–Kier alpha value is -3.77. The monoisotopic (exact) mass is 462 g/mol. The average Bonchev–Trinajstić information content (AvgIpc) is 3.44. The fourth-order valence-corrected chi connectivity index (χ4v) is 4.58. The molecule has 12 heteroatoms. The highest BCUT2D eigenvalue weighted by Crippen LogP contribution is 2.51. The molecule has 0 radical (unpaired) electrons. The fourth-order valence-electron chi connectivity index (χ4n) is 4.58. The Balaban J connectivity index is 1.29. The molecule has 5 N–H and O–H groups in total. The molecule has 1 saturated carbocycles. The molecular weight excluding hydrogens is 436 g/mol. The van der Waals surface area contributed by atoms with Crippen LogP contribution in [0.1, 0.15) is 24.2 Å². The quantitative estimate of drug-likeness (QED) is 0.399. The Kier molecular flexibility index (Phi) is 5.23. The third-order valence-corrected chi connectivity index (χ3v) is 6.41. The Labute approximate surface area is 196 Å². The molecule has 5 heterocycles. The van der Waals surface area contributed by atoms with Crippen molar-refractivity contribution in [2.75, 3.05) is 42.3 Å². The van der Waals surface area contributed by atoms with E-state index in [1.807, 2.05) is 12.3 Å². The molecular formula is C22H26N10O2. The van der Waals surface area contributed by atoms with Gasteiger partial charge in [0.25, 0.3) is 0 Å². The minimum Gasteiger partial charge on any atom is -0.383 e. The molecule has 34 heavy (non-hydrogen) atoms. The van der Waals surface area contributed by atoms with Crippen LogP contribution in [0.4, 0.5) is 17.6 Å². The molecule has 1 atom stereocenters. The van der Waals surface area contributed by atoms with Gasteiger partial charge in [0.15, 0.2) is 5.76 Å². The summed E-state index contributed by atoms with van der Waals surface area (Å²) in [6.07, 6.45) is 11.2. The number of nitrogens with two attached hydrogens (primary N) is 1. The van der Waals surface area contributed by atoms with E-state index in [1.165, 1.54) is 6.33 Å². The van der Waals surface area contributed by atoms with E-state index < -0.39 is 5.54 Å². The molecule has 2 aliphatic heterocycles. The van der Waals surface area contributed by atoms with Crippen molar-refractivity contribution >= 4 is 17.6 Å². The van der Waals surface area contributed by atoms with Crippen molar-refractivity contribution < 1.29 is 9.26 Å². The van der Waals surface area contributed by atoms with E-state index in [4.69, 9.17) is 20.0 Å². The normalized spacial score (nSPS) is 22.1. The lowest BCUT2D eigenvalue weighted by Crippen LogP contribution is -2.47. The predicted octanol–water partition coefficient (Wildman–Crippen LogP) is 1.18. The summed E-state index contributed by atoms with van der Waals surface area (Å²) < 4.78 is 11.0. The SMILES string of the molecule is Nc1nc(NCc2cc(-c3cncnc3)no2)nc(N2CCOCC2)c1C1(C2CC2)C=CNN1. The van der Waals surface area contributed by atoms with Crippen LogP contribution in [0, 0.1) is 5.92 Å². The summed E-state index contributed by atoms with van der Waals surface area (Å²) in [6, 6.07) is 1.84. The summed E-state index contributed by atoms with van der Waals surface area (Å²) in [5.74, 6) is 2.79. The smallest absolute Gasteiger partial charge is 0.227 e. The average molecular weight is 463 g/mol.